The summed E-state index contributed by atoms with van der Waals surface area (Å²) in [5.74, 6) is -0.302. The monoisotopic (exact) mass is 398 g/mol. The Morgan fingerprint density at radius 3 is 1.83 bits per heavy atom. The average Bonchev–Trinajstić information content (AvgIpc) is 3.34. The van der Waals surface area contributed by atoms with Gasteiger partial charge in [-0.3, -0.25) is 9.59 Å². The molecule has 0 saturated carbocycles. The lowest BCUT2D eigenvalue weighted by Crippen LogP contribution is -2.30. The first-order valence-electron chi connectivity index (χ1n) is 10.5. The summed E-state index contributed by atoms with van der Waals surface area (Å²) >= 11 is 0. The molecule has 152 valence electrons. The van der Waals surface area contributed by atoms with Crippen molar-refractivity contribution in [3.63, 3.8) is 0 Å². The number of carbonyl (C=O) groups excluding carboxylic acids is 2. The van der Waals surface area contributed by atoms with Crippen LogP contribution < -0.4 is 5.32 Å². The Kier molecular flexibility index (Phi) is 6.23. The summed E-state index contributed by atoms with van der Waals surface area (Å²) in [6.07, 6.45) is 2.17. The van der Waals surface area contributed by atoms with Crippen LogP contribution in [0, 0.1) is 0 Å². The summed E-state index contributed by atoms with van der Waals surface area (Å²) < 4.78 is 0. The molecular weight excluding hydrogens is 372 g/mol. The highest BCUT2D eigenvalue weighted by molar-refractivity contribution is 5.94. The third kappa shape index (κ3) is 4.60. The van der Waals surface area contributed by atoms with Gasteiger partial charge in [-0.1, -0.05) is 72.8 Å². The molecule has 4 heteroatoms. The van der Waals surface area contributed by atoms with Crippen LogP contribution in [0.3, 0.4) is 0 Å². The molecule has 1 heterocycles. The molecule has 0 radical (unpaired) electrons. The number of carbonyl (C=O) groups is 2. The topological polar surface area (TPSA) is 49.4 Å². The van der Waals surface area contributed by atoms with Crippen LogP contribution in [-0.2, 0) is 11.3 Å². The highest BCUT2D eigenvalue weighted by atomic mass is 16.2. The Morgan fingerprint density at radius 2 is 1.30 bits per heavy atom. The minimum absolute atomic E-state index is 0.0374. The van der Waals surface area contributed by atoms with Crippen LogP contribution in [0.4, 0.5) is 0 Å². The standard InChI is InChI=1S/C26H26N2O2/c29-25(24(21-9-3-1-4-10-21)22-11-5-2-6-12-22)27-19-20-13-15-23(16-14-20)26(30)28-17-7-8-18-28/h1-6,9-16,24H,7-8,17-19H2,(H,27,29). The second-order valence-corrected chi connectivity index (χ2v) is 7.67. The van der Waals surface area contributed by atoms with E-state index in [0.717, 1.165) is 42.6 Å². The molecule has 0 aromatic heterocycles. The zero-order chi connectivity index (χ0) is 20.8. The van der Waals surface area contributed by atoms with Gasteiger partial charge in [0.15, 0.2) is 0 Å². The first kappa shape index (κ1) is 19.9. The normalized spacial score (nSPS) is 13.4. The van der Waals surface area contributed by atoms with Crippen LogP contribution in [0.25, 0.3) is 0 Å². The largest absolute Gasteiger partial charge is 0.351 e. The number of nitrogens with one attached hydrogen (secondary N) is 1. The van der Waals surface area contributed by atoms with E-state index in [4.69, 9.17) is 0 Å². The van der Waals surface area contributed by atoms with E-state index in [-0.39, 0.29) is 17.7 Å². The van der Waals surface area contributed by atoms with Crippen molar-refractivity contribution in [1.82, 2.24) is 10.2 Å². The molecule has 3 aromatic rings. The molecule has 1 aliphatic heterocycles. The molecule has 0 spiro atoms. The number of rotatable bonds is 6. The van der Waals surface area contributed by atoms with Gasteiger partial charge in [-0.25, -0.2) is 0 Å². The van der Waals surface area contributed by atoms with Crippen molar-refractivity contribution in [2.75, 3.05) is 13.1 Å². The van der Waals surface area contributed by atoms with Crippen molar-refractivity contribution < 1.29 is 9.59 Å². The lowest BCUT2D eigenvalue weighted by molar-refractivity contribution is -0.121. The van der Waals surface area contributed by atoms with E-state index in [2.05, 4.69) is 5.32 Å². The third-order valence-corrected chi connectivity index (χ3v) is 5.59. The first-order chi connectivity index (χ1) is 14.7. The van der Waals surface area contributed by atoms with Crippen molar-refractivity contribution >= 4 is 11.8 Å². The Balaban J connectivity index is 1.44. The van der Waals surface area contributed by atoms with E-state index in [1.807, 2.05) is 89.8 Å². The van der Waals surface area contributed by atoms with E-state index in [1.54, 1.807) is 0 Å². The molecule has 0 atom stereocenters. The Bertz CT molecular complexity index is 939. The summed E-state index contributed by atoms with van der Waals surface area (Å²) in [5, 5.41) is 3.07. The highest BCUT2D eigenvalue weighted by Crippen LogP contribution is 2.25. The van der Waals surface area contributed by atoms with Gasteiger partial charge in [0.05, 0.1) is 5.92 Å². The fraction of sp³-hybridized carbons (Fsp3) is 0.231. The quantitative estimate of drug-likeness (QED) is 0.670. The molecule has 4 nitrogen and oxygen atoms in total. The second-order valence-electron chi connectivity index (χ2n) is 7.67. The fourth-order valence-electron chi connectivity index (χ4n) is 3.95. The number of hydrogen-bond donors (Lipinski definition) is 1. The number of hydrogen-bond acceptors (Lipinski definition) is 2. The van der Waals surface area contributed by atoms with Crippen molar-refractivity contribution in [1.29, 1.82) is 0 Å². The smallest absolute Gasteiger partial charge is 0.253 e. The summed E-state index contributed by atoms with van der Waals surface area (Å²) in [4.78, 5) is 27.5. The molecule has 4 rings (SSSR count). The average molecular weight is 399 g/mol. The minimum Gasteiger partial charge on any atom is -0.351 e. The minimum atomic E-state index is -0.358. The highest BCUT2D eigenvalue weighted by Gasteiger charge is 2.22. The van der Waals surface area contributed by atoms with Crippen LogP contribution in [0.1, 0.15) is 45.8 Å². The molecule has 0 aliphatic carbocycles. The fourth-order valence-corrected chi connectivity index (χ4v) is 3.95. The maximum Gasteiger partial charge on any atom is 0.253 e. The maximum atomic E-state index is 13.1. The number of likely N-dealkylation sites (tertiary alicyclic amines) is 1. The predicted molar refractivity (Wildman–Crippen MR) is 118 cm³/mol. The lowest BCUT2D eigenvalue weighted by atomic mass is 9.90. The van der Waals surface area contributed by atoms with Crippen LogP contribution in [-0.4, -0.2) is 29.8 Å². The van der Waals surface area contributed by atoms with E-state index in [1.165, 1.54) is 0 Å². The van der Waals surface area contributed by atoms with Gasteiger partial charge in [0.1, 0.15) is 0 Å². The molecule has 3 aromatic carbocycles. The summed E-state index contributed by atoms with van der Waals surface area (Å²) in [5.41, 5.74) is 3.61. The van der Waals surface area contributed by atoms with Crippen LogP contribution in [0.2, 0.25) is 0 Å². The van der Waals surface area contributed by atoms with Gasteiger partial charge in [-0.2, -0.15) is 0 Å². The Hall–Kier alpha value is -3.40. The SMILES string of the molecule is O=C(NCc1ccc(C(=O)N2CCCC2)cc1)C(c1ccccc1)c1ccccc1. The summed E-state index contributed by atoms with van der Waals surface area (Å²) in [6.45, 7) is 2.11. The van der Waals surface area contributed by atoms with Gasteiger partial charge < -0.3 is 10.2 Å². The van der Waals surface area contributed by atoms with E-state index in [9.17, 15) is 9.59 Å². The van der Waals surface area contributed by atoms with Crippen molar-refractivity contribution in [2.24, 2.45) is 0 Å². The predicted octanol–water partition coefficient (Wildman–Crippen LogP) is 4.37. The second kappa shape index (κ2) is 9.40. The summed E-state index contributed by atoms with van der Waals surface area (Å²) in [7, 11) is 0. The van der Waals surface area contributed by atoms with E-state index < -0.39 is 0 Å². The molecule has 1 aliphatic rings. The van der Waals surface area contributed by atoms with Gasteiger partial charge >= 0.3 is 0 Å². The van der Waals surface area contributed by atoms with Crippen LogP contribution in [0.5, 0.6) is 0 Å². The molecule has 30 heavy (non-hydrogen) atoms. The van der Waals surface area contributed by atoms with Gasteiger partial charge in [-0.15, -0.1) is 0 Å². The molecule has 2 amide bonds. The molecule has 1 saturated heterocycles. The van der Waals surface area contributed by atoms with Crippen molar-refractivity contribution in [3.05, 3.63) is 107 Å². The zero-order valence-corrected chi connectivity index (χ0v) is 17.0. The molecule has 0 bridgehead atoms. The van der Waals surface area contributed by atoms with Crippen molar-refractivity contribution in [3.8, 4) is 0 Å². The number of nitrogens with zero attached hydrogens (tertiary/aromatic N) is 1. The Morgan fingerprint density at radius 1 is 0.767 bits per heavy atom. The van der Waals surface area contributed by atoms with E-state index >= 15 is 0 Å². The van der Waals surface area contributed by atoms with E-state index in [0.29, 0.717) is 12.1 Å². The van der Waals surface area contributed by atoms with Crippen LogP contribution >= 0.6 is 0 Å². The molecule has 1 N–H and O–H groups in total. The summed E-state index contributed by atoms with van der Waals surface area (Å²) in [6, 6.07) is 27.2. The molecule has 0 unspecified atom stereocenters. The van der Waals surface area contributed by atoms with Gasteiger partial charge in [0, 0.05) is 25.2 Å². The number of amides is 2. The maximum absolute atomic E-state index is 13.1. The number of benzene rings is 3. The third-order valence-electron chi connectivity index (χ3n) is 5.59. The van der Waals surface area contributed by atoms with Gasteiger partial charge in [0.2, 0.25) is 5.91 Å². The zero-order valence-electron chi connectivity index (χ0n) is 17.0. The first-order valence-corrected chi connectivity index (χ1v) is 10.5. The van der Waals surface area contributed by atoms with Gasteiger partial charge in [-0.05, 0) is 41.7 Å². The lowest BCUT2D eigenvalue weighted by Gasteiger charge is -2.18. The molecule has 1 fully saturated rings. The van der Waals surface area contributed by atoms with Crippen LogP contribution in [0.15, 0.2) is 84.9 Å². The van der Waals surface area contributed by atoms with Crippen molar-refractivity contribution in [2.45, 2.75) is 25.3 Å². The Labute approximate surface area is 177 Å². The van der Waals surface area contributed by atoms with Gasteiger partial charge in [0.25, 0.3) is 5.91 Å². The molecular formula is C26H26N2O2.